The lowest BCUT2D eigenvalue weighted by atomic mass is 10.2. The summed E-state index contributed by atoms with van der Waals surface area (Å²) in [7, 11) is 1.80. The van der Waals surface area contributed by atoms with Gasteiger partial charge in [-0.05, 0) is 0 Å². The van der Waals surface area contributed by atoms with Crippen molar-refractivity contribution in [2.75, 3.05) is 14.2 Å². The highest BCUT2D eigenvalue weighted by atomic mass is 19.4. The van der Waals surface area contributed by atoms with Crippen LogP contribution in [0.25, 0.3) is 0 Å². The Kier molecular flexibility index (Phi) is 2.81. The smallest absolute Gasteiger partial charge is 0.344 e. The predicted octanol–water partition coefficient (Wildman–Crippen LogP) is 1.42. The van der Waals surface area contributed by atoms with Crippen molar-refractivity contribution in [1.82, 2.24) is 9.97 Å². The zero-order chi connectivity index (χ0) is 10.8. The molecule has 0 spiro atoms. The van der Waals surface area contributed by atoms with E-state index in [4.69, 9.17) is 0 Å². The molecule has 7 heteroatoms. The normalized spacial score (nSPS) is 13.2. The van der Waals surface area contributed by atoms with E-state index in [-0.39, 0.29) is 0 Å². The van der Waals surface area contributed by atoms with Gasteiger partial charge < -0.3 is 14.5 Å². The molecule has 0 fully saturated rings. The number of halogens is 3. The number of aromatic nitrogens is 2. The zero-order valence-corrected chi connectivity index (χ0v) is 7.55. The van der Waals surface area contributed by atoms with Crippen LogP contribution in [0.4, 0.5) is 13.2 Å². The van der Waals surface area contributed by atoms with Gasteiger partial charge >= 0.3 is 12.0 Å². The monoisotopic (exact) mass is 210 g/mol. The summed E-state index contributed by atoms with van der Waals surface area (Å²) in [6.45, 7) is 0. The molecule has 0 unspecified atom stereocenters. The first-order chi connectivity index (χ1) is 6.48. The maximum atomic E-state index is 12.6. The fraction of sp³-hybridized carbons (Fsp3) is 0.571. The van der Waals surface area contributed by atoms with Gasteiger partial charge in [0, 0.05) is 26.6 Å². The van der Waals surface area contributed by atoms with E-state index < -0.39 is 17.8 Å². The van der Waals surface area contributed by atoms with Crippen molar-refractivity contribution >= 4 is 0 Å². The predicted molar refractivity (Wildman–Crippen MR) is 40.3 cm³/mol. The van der Waals surface area contributed by atoms with Crippen molar-refractivity contribution in [3.05, 3.63) is 18.2 Å². The van der Waals surface area contributed by atoms with Gasteiger partial charge in [-0.25, -0.2) is 4.98 Å². The third-order valence-electron chi connectivity index (χ3n) is 1.76. The zero-order valence-electron chi connectivity index (χ0n) is 7.55. The van der Waals surface area contributed by atoms with E-state index >= 15 is 0 Å². The van der Waals surface area contributed by atoms with Crippen LogP contribution in [0.1, 0.15) is 5.82 Å². The molecule has 0 aliphatic heterocycles. The second kappa shape index (κ2) is 3.58. The van der Waals surface area contributed by atoms with E-state index in [9.17, 15) is 13.2 Å². The molecule has 0 atom stereocenters. The van der Waals surface area contributed by atoms with Gasteiger partial charge in [0.15, 0.2) is 5.82 Å². The minimum absolute atomic E-state index is 0.435. The minimum Gasteiger partial charge on any atom is -0.344 e. The van der Waals surface area contributed by atoms with E-state index in [0.29, 0.717) is 0 Å². The average molecular weight is 210 g/mol. The number of aromatic amines is 1. The number of methoxy groups -OCH3 is 2. The Bertz CT molecular complexity index is 280. The van der Waals surface area contributed by atoms with Crippen molar-refractivity contribution < 1.29 is 22.6 Å². The highest BCUT2D eigenvalue weighted by Gasteiger charge is 2.60. The molecule has 1 heterocycles. The summed E-state index contributed by atoms with van der Waals surface area (Å²) in [5.41, 5.74) is 0. The maximum Gasteiger partial charge on any atom is 0.451 e. The molecular formula is C7H9F3N2O2. The lowest BCUT2D eigenvalue weighted by Crippen LogP contribution is -2.46. The van der Waals surface area contributed by atoms with Crippen molar-refractivity contribution in [3.63, 3.8) is 0 Å². The number of nitrogens with zero attached hydrogens (tertiary/aromatic N) is 1. The van der Waals surface area contributed by atoms with Crippen molar-refractivity contribution in [3.8, 4) is 0 Å². The first-order valence-electron chi connectivity index (χ1n) is 3.65. The van der Waals surface area contributed by atoms with E-state index in [0.717, 1.165) is 14.2 Å². The number of ether oxygens (including phenoxy) is 2. The molecule has 1 aromatic rings. The number of rotatable bonds is 3. The maximum absolute atomic E-state index is 12.6. The SMILES string of the molecule is COC(OC)(c1ncc[nH]1)C(F)(F)F. The molecule has 0 bridgehead atoms. The Labute approximate surface area is 78.0 Å². The lowest BCUT2D eigenvalue weighted by Gasteiger charge is -2.30. The first kappa shape index (κ1) is 11.0. The first-order valence-corrected chi connectivity index (χ1v) is 3.65. The van der Waals surface area contributed by atoms with Gasteiger partial charge in [0.25, 0.3) is 0 Å². The quantitative estimate of drug-likeness (QED) is 0.767. The Hall–Kier alpha value is -1.08. The van der Waals surface area contributed by atoms with E-state index in [1.807, 2.05) is 0 Å². The van der Waals surface area contributed by atoms with Crippen LogP contribution >= 0.6 is 0 Å². The van der Waals surface area contributed by atoms with Gasteiger partial charge in [0.2, 0.25) is 0 Å². The van der Waals surface area contributed by atoms with Gasteiger partial charge in [-0.1, -0.05) is 0 Å². The molecule has 0 saturated carbocycles. The molecule has 0 aliphatic carbocycles. The molecule has 0 amide bonds. The summed E-state index contributed by atoms with van der Waals surface area (Å²) < 4.78 is 46.6. The summed E-state index contributed by atoms with van der Waals surface area (Å²) in [4.78, 5) is 5.78. The molecule has 0 saturated heterocycles. The summed E-state index contributed by atoms with van der Waals surface area (Å²) in [6.07, 6.45) is -2.25. The van der Waals surface area contributed by atoms with Gasteiger partial charge in [0.05, 0.1) is 0 Å². The Morgan fingerprint density at radius 3 is 2.14 bits per heavy atom. The highest BCUT2D eigenvalue weighted by molar-refractivity contribution is 5.01. The van der Waals surface area contributed by atoms with Crippen molar-refractivity contribution in [2.45, 2.75) is 12.0 Å². The number of hydrogen-bond donors (Lipinski definition) is 1. The number of H-pyrrole nitrogens is 1. The fourth-order valence-electron chi connectivity index (χ4n) is 1.09. The lowest BCUT2D eigenvalue weighted by molar-refractivity contribution is -0.379. The van der Waals surface area contributed by atoms with Crippen LogP contribution in [0, 0.1) is 0 Å². The molecule has 0 aliphatic rings. The van der Waals surface area contributed by atoms with Crippen LogP contribution in [0.3, 0.4) is 0 Å². The fourth-order valence-corrected chi connectivity index (χ4v) is 1.09. The summed E-state index contributed by atoms with van der Waals surface area (Å²) in [5, 5.41) is 0. The molecule has 1 rings (SSSR count). The number of imidazole rings is 1. The van der Waals surface area contributed by atoms with Crippen LogP contribution in [0.15, 0.2) is 12.4 Å². The van der Waals surface area contributed by atoms with Crippen molar-refractivity contribution in [1.29, 1.82) is 0 Å². The van der Waals surface area contributed by atoms with E-state index in [2.05, 4.69) is 19.4 Å². The molecule has 1 N–H and O–H groups in total. The van der Waals surface area contributed by atoms with Gasteiger partial charge in [-0.3, -0.25) is 0 Å². The molecule has 0 aromatic carbocycles. The third-order valence-corrected chi connectivity index (χ3v) is 1.76. The highest BCUT2D eigenvalue weighted by Crippen LogP contribution is 2.40. The van der Waals surface area contributed by atoms with Crippen molar-refractivity contribution in [2.24, 2.45) is 0 Å². The summed E-state index contributed by atoms with van der Waals surface area (Å²) in [5.74, 6) is -3.26. The number of hydrogen-bond acceptors (Lipinski definition) is 3. The van der Waals surface area contributed by atoms with Crippen LogP contribution in [-0.2, 0) is 15.3 Å². The summed E-state index contributed by atoms with van der Waals surface area (Å²) >= 11 is 0. The van der Waals surface area contributed by atoms with Gasteiger partial charge in [0.1, 0.15) is 0 Å². The third kappa shape index (κ3) is 1.48. The molecule has 0 radical (unpaired) electrons. The second-order valence-electron chi connectivity index (χ2n) is 2.46. The second-order valence-corrected chi connectivity index (χ2v) is 2.46. The molecule has 4 nitrogen and oxygen atoms in total. The Morgan fingerprint density at radius 1 is 1.29 bits per heavy atom. The number of nitrogens with one attached hydrogen (secondary N) is 1. The summed E-state index contributed by atoms with van der Waals surface area (Å²) in [6, 6.07) is 0. The molecular weight excluding hydrogens is 201 g/mol. The minimum atomic E-state index is -4.70. The van der Waals surface area contributed by atoms with Crippen LogP contribution < -0.4 is 0 Å². The Morgan fingerprint density at radius 2 is 1.86 bits per heavy atom. The topological polar surface area (TPSA) is 47.1 Å². The van der Waals surface area contributed by atoms with Crippen LogP contribution in [-0.4, -0.2) is 30.4 Å². The molecule has 80 valence electrons. The molecule has 1 aromatic heterocycles. The van der Waals surface area contributed by atoms with Gasteiger partial charge in [-0.15, -0.1) is 0 Å². The Balaban J connectivity index is 3.17. The van der Waals surface area contributed by atoms with E-state index in [1.54, 1.807) is 0 Å². The molecule has 14 heavy (non-hydrogen) atoms. The van der Waals surface area contributed by atoms with Crippen LogP contribution in [0.5, 0.6) is 0 Å². The van der Waals surface area contributed by atoms with E-state index in [1.165, 1.54) is 12.4 Å². The number of alkyl halides is 3. The van der Waals surface area contributed by atoms with Crippen LogP contribution in [0.2, 0.25) is 0 Å². The average Bonchev–Trinajstić information content (AvgIpc) is 2.58. The van der Waals surface area contributed by atoms with Gasteiger partial charge in [-0.2, -0.15) is 13.2 Å². The standard InChI is InChI=1S/C7H9F3N2O2/c1-13-6(14-2,7(8,9)10)5-11-3-4-12-5/h3-4H,1-2H3,(H,11,12). The largest absolute Gasteiger partial charge is 0.451 e.